The van der Waals surface area contributed by atoms with Crippen LogP contribution in [0.2, 0.25) is 0 Å². The number of hydrogen-bond donors (Lipinski definition) is 1. The third-order valence-corrected chi connectivity index (χ3v) is 2.58. The lowest BCUT2D eigenvalue weighted by Crippen LogP contribution is -2.19. The highest BCUT2D eigenvalue weighted by molar-refractivity contribution is 4.92. The fourth-order valence-electron chi connectivity index (χ4n) is 1.45. The molecule has 0 spiro atoms. The van der Waals surface area contributed by atoms with E-state index >= 15 is 0 Å². The molecule has 0 unspecified atom stereocenters. The van der Waals surface area contributed by atoms with Crippen LogP contribution in [0, 0.1) is 0 Å². The molecule has 0 bridgehead atoms. The molecular formula is C8H13N5. The van der Waals surface area contributed by atoms with E-state index in [0.717, 1.165) is 18.4 Å². The van der Waals surface area contributed by atoms with Crippen molar-refractivity contribution in [2.24, 2.45) is 0 Å². The van der Waals surface area contributed by atoms with Crippen molar-refractivity contribution in [2.45, 2.75) is 44.3 Å². The summed E-state index contributed by atoms with van der Waals surface area (Å²) in [6.45, 7) is 0.828. The summed E-state index contributed by atoms with van der Waals surface area (Å²) in [5, 5.41) is 15.1. The summed E-state index contributed by atoms with van der Waals surface area (Å²) in [7, 11) is 0. The number of nitrogens with zero attached hydrogens (tertiary/aromatic N) is 4. The Labute approximate surface area is 76.5 Å². The molecule has 5 heteroatoms. The molecule has 1 aromatic heterocycles. The SMILES string of the molecule is C(NC1CC1)c1nnnn1C1CC1. The highest BCUT2D eigenvalue weighted by atomic mass is 15.6. The minimum Gasteiger partial charge on any atom is -0.307 e. The predicted octanol–water partition coefficient (Wildman–Crippen LogP) is 0.260. The lowest BCUT2D eigenvalue weighted by Gasteiger charge is -2.02. The Bertz CT molecular complexity index is 299. The topological polar surface area (TPSA) is 55.6 Å². The van der Waals surface area contributed by atoms with E-state index in [-0.39, 0.29) is 0 Å². The van der Waals surface area contributed by atoms with Gasteiger partial charge in [0.25, 0.3) is 0 Å². The van der Waals surface area contributed by atoms with Gasteiger partial charge >= 0.3 is 0 Å². The molecule has 2 aliphatic rings. The van der Waals surface area contributed by atoms with E-state index in [1.807, 2.05) is 4.68 Å². The van der Waals surface area contributed by atoms with Crippen LogP contribution in [0.5, 0.6) is 0 Å². The van der Waals surface area contributed by atoms with Crippen LogP contribution < -0.4 is 5.32 Å². The van der Waals surface area contributed by atoms with Crippen molar-refractivity contribution in [3.05, 3.63) is 5.82 Å². The smallest absolute Gasteiger partial charge is 0.165 e. The molecule has 0 aromatic carbocycles. The Morgan fingerprint density at radius 3 is 2.85 bits per heavy atom. The number of hydrogen-bond acceptors (Lipinski definition) is 4. The molecule has 2 fully saturated rings. The Morgan fingerprint density at radius 2 is 2.15 bits per heavy atom. The van der Waals surface area contributed by atoms with Gasteiger partial charge in [-0.2, -0.15) is 0 Å². The van der Waals surface area contributed by atoms with Gasteiger partial charge in [0.2, 0.25) is 0 Å². The average Bonchev–Trinajstić information content (AvgIpc) is 3.03. The predicted molar refractivity (Wildman–Crippen MR) is 45.9 cm³/mol. The van der Waals surface area contributed by atoms with Crippen LogP contribution in [0.25, 0.3) is 0 Å². The summed E-state index contributed by atoms with van der Waals surface area (Å²) in [5.41, 5.74) is 0. The van der Waals surface area contributed by atoms with Crippen molar-refractivity contribution < 1.29 is 0 Å². The second kappa shape index (κ2) is 2.77. The van der Waals surface area contributed by atoms with E-state index in [0.29, 0.717) is 6.04 Å². The first-order chi connectivity index (χ1) is 6.43. The molecule has 13 heavy (non-hydrogen) atoms. The molecule has 0 atom stereocenters. The molecule has 1 aromatic rings. The minimum absolute atomic E-state index is 0.589. The summed E-state index contributed by atoms with van der Waals surface area (Å²) in [4.78, 5) is 0. The van der Waals surface area contributed by atoms with Gasteiger partial charge in [0.15, 0.2) is 5.82 Å². The van der Waals surface area contributed by atoms with Crippen LogP contribution in [0.3, 0.4) is 0 Å². The first-order valence-electron chi connectivity index (χ1n) is 4.93. The summed E-state index contributed by atoms with van der Waals surface area (Å²) in [6, 6.07) is 1.32. The zero-order chi connectivity index (χ0) is 8.67. The Kier molecular flexibility index (Phi) is 1.58. The number of nitrogens with one attached hydrogen (secondary N) is 1. The molecule has 3 rings (SSSR count). The molecule has 0 aliphatic heterocycles. The molecule has 0 saturated heterocycles. The largest absolute Gasteiger partial charge is 0.307 e. The van der Waals surface area contributed by atoms with Crippen molar-refractivity contribution in [1.82, 2.24) is 25.5 Å². The maximum atomic E-state index is 4.02. The highest BCUT2D eigenvalue weighted by Crippen LogP contribution is 2.34. The van der Waals surface area contributed by atoms with Crippen LogP contribution in [-0.2, 0) is 6.54 Å². The lowest BCUT2D eigenvalue weighted by atomic mass is 10.5. The van der Waals surface area contributed by atoms with Gasteiger partial charge in [-0.05, 0) is 36.1 Å². The number of aromatic nitrogens is 4. The Hall–Kier alpha value is -0.970. The highest BCUT2D eigenvalue weighted by Gasteiger charge is 2.28. The fourth-order valence-corrected chi connectivity index (χ4v) is 1.45. The van der Waals surface area contributed by atoms with E-state index in [9.17, 15) is 0 Å². The molecule has 70 valence electrons. The minimum atomic E-state index is 0.589. The summed E-state index contributed by atoms with van der Waals surface area (Å²) in [6.07, 6.45) is 5.10. The maximum absolute atomic E-state index is 4.02. The maximum Gasteiger partial charge on any atom is 0.165 e. The van der Waals surface area contributed by atoms with Gasteiger partial charge in [0.1, 0.15) is 0 Å². The van der Waals surface area contributed by atoms with Crippen LogP contribution in [-0.4, -0.2) is 26.2 Å². The van der Waals surface area contributed by atoms with Gasteiger partial charge in [-0.25, -0.2) is 4.68 Å². The fraction of sp³-hybridized carbons (Fsp3) is 0.875. The van der Waals surface area contributed by atoms with Gasteiger partial charge in [0.05, 0.1) is 12.6 Å². The third kappa shape index (κ3) is 1.56. The first-order valence-corrected chi connectivity index (χ1v) is 4.93. The summed E-state index contributed by atoms with van der Waals surface area (Å²) < 4.78 is 1.97. The van der Waals surface area contributed by atoms with Gasteiger partial charge in [-0.15, -0.1) is 5.10 Å². The summed E-state index contributed by atoms with van der Waals surface area (Å²) in [5.74, 6) is 0.995. The van der Waals surface area contributed by atoms with Gasteiger partial charge in [-0.3, -0.25) is 0 Å². The second-order valence-corrected chi connectivity index (χ2v) is 3.93. The Balaban J connectivity index is 1.67. The first kappa shape index (κ1) is 7.44. The number of rotatable bonds is 4. The van der Waals surface area contributed by atoms with Crippen molar-refractivity contribution in [3.8, 4) is 0 Å². The number of tetrazole rings is 1. The van der Waals surface area contributed by atoms with Crippen LogP contribution >= 0.6 is 0 Å². The molecule has 5 nitrogen and oxygen atoms in total. The molecule has 2 saturated carbocycles. The van der Waals surface area contributed by atoms with E-state index in [4.69, 9.17) is 0 Å². The second-order valence-electron chi connectivity index (χ2n) is 3.93. The van der Waals surface area contributed by atoms with Crippen LogP contribution in [0.15, 0.2) is 0 Å². The van der Waals surface area contributed by atoms with Crippen LogP contribution in [0.1, 0.15) is 37.5 Å². The summed E-state index contributed by atoms with van der Waals surface area (Å²) >= 11 is 0. The third-order valence-electron chi connectivity index (χ3n) is 2.58. The molecule has 0 radical (unpaired) electrons. The quantitative estimate of drug-likeness (QED) is 0.720. The van der Waals surface area contributed by atoms with Crippen molar-refractivity contribution >= 4 is 0 Å². The standard InChI is InChI=1S/C8H13N5/c1-2-6(1)9-5-8-10-11-12-13(8)7-3-4-7/h6-7,9H,1-5H2. The molecule has 2 aliphatic carbocycles. The average molecular weight is 179 g/mol. The van der Waals surface area contributed by atoms with Gasteiger partial charge < -0.3 is 5.32 Å². The van der Waals surface area contributed by atoms with E-state index in [2.05, 4.69) is 20.8 Å². The molecule has 0 amide bonds. The monoisotopic (exact) mass is 179 g/mol. The van der Waals surface area contributed by atoms with E-state index < -0.39 is 0 Å². The zero-order valence-electron chi connectivity index (χ0n) is 7.48. The molecular weight excluding hydrogens is 166 g/mol. The van der Waals surface area contributed by atoms with E-state index in [1.54, 1.807) is 0 Å². The van der Waals surface area contributed by atoms with Crippen molar-refractivity contribution in [2.75, 3.05) is 0 Å². The van der Waals surface area contributed by atoms with Gasteiger partial charge in [-0.1, -0.05) is 0 Å². The van der Waals surface area contributed by atoms with E-state index in [1.165, 1.54) is 25.7 Å². The van der Waals surface area contributed by atoms with Crippen molar-refractivity contribution in [1.29, 1.82) is 0 Å². The zero-order valence-corrected chi connectivity index (χ0v) is 7.48. The normalized spacial score (nSPS) is 22.2. The van der Waals surface area contributed by atoms with Gasteiger partial charge in [0, 0.05) is 6.04 Å². The van der Waals surface area contributed by atoms with Crippen molar-refractivity contribution in [3.63, 3.8) is 0 Å². The molecule has 1 N–H and O–H groups in total. The lowest BCUT2D eigenvalue weighted by molar-refractivity contribution is 0.553. The molecule has 1 heterocycles. The van der Waals surface area contributed by atoms with Crippen LogP contribution in [0.4, 0.5) is 0 Å². The Morgan fingerprint density at radius 1 is 1.31 bits per heavy atom.